The zero-order valence-electron chi connectivity index (χ0n) is 7.59. The Kier molecular flexibility index (Phi) is 1.68. The molecule has 0 amide bonds. The normalized spacial score (nSPS) is 31.7. The molecule has 0 aromatic heterocycles. The minimum Gasteiger partial charge on any atom is -0.367 e. The van der Waals surface area contributed by atoms with Crippen LogP contribution in [0.15, 0.2) is 16.7 Å². The number of rotatable bonds is 0. The zero-order valence-corrected chi connectivity index (χ0v) is 7.59. The lowest BCUT2D eigenvalue weighted by Gasteiger charge is -2.33. The van der Waals surface area contributed by atoms with Crippen LogP contribution in [0.25, 0.3) is 0 Å². The molecule has 2 unspecified atom stereocenters. The Balaban J connectivity index is 2.24. The first-order valence-electron chi connectivity index (χ1n) is 4.21. The second kappa shape index (κ2) is 2.72. The summed E-state index contributed by atoms with van der Waals surface area (Å²) in [5.41, 5.74) is 7.92. The molecule has 6 nitrogen and oxygen atoms in total. The molecule has 0 saturated heterocycles. The maximum absolute atomic E-state index is 5.43. The SMILES string of the molecule is CC1NC2=C(NC1C)ONC(N)=N2. The Morgan fingerprint density at radius 2 is 2.00 bits per heavy atom. The maximum atomic E-state index is 5.43. The van der Waals surface area contributed by atoms with Crippen molar-refractivity contribution in [3.8, 4) is 0 Å². The Bertz CT molecular complexity index is 285. The van der Waals surface area contributed by atoms with Crippen molar-refractivity contribution in [2.45, 2.75) is 25.9 Å². The summed E-state index contributed by atoms with van der Waals surface area (Å²) in [6.45, 7) is 4.13. The van der Waals surface area contributed by atoms with Crippen molar-refractivity contribution in [2.75, 3.05) is 0 Å². The Labute approximate surface area is 76.2 Å². The lowest BCUT2D eigenvalue weighted by atomic mass is 10.1. The van der Waals surface area contributed by atoms with E-state index in [2.05, 4.69) is 35.0 Å². The van der Waals surface area contributed by atoms with Gasteiger partial charge in [0.1, 0.15) is 0 Å². The van der Waals surface area contributed by atoms with Gasteiger partial charge in [0.25, 0.3) is 5.88 Å². The molecule has 2 aliphatic rings. The summed E-state index contributed by atoms with van der Waals surface area (Å²) >= 11 is 0. The van der Waals surface area contributed by atoms with Gasteiger partial charge in [-0.1, -0.05) is 0 Å². The van der Waals surface area contributed by atoms with Crippen LogP contribution < -0.4 is 21.8 Å². The molecule has 0 saturated carbocycles. The molecule has 2 heterocycles. The van der Waals surface area contributed by atoms with Gasteiger partial charge in [-0.25, -0.2) is 0 Å². The fourth-order valence-corrected chi connectivity index (χ4v) is 1.21. The molecule has 0 aliphatic carbocycles. The maximum Gasteiger partial charge on any atom is 0.263 e. The van der Waals surface area contributed by atoms with Crippen LogP contribution in [-0.2, 0) is 4.84 Å². The molecular formula is C7H13N5O. The molecule has 2 atom stereocenters. The second-order valence-corrected chi connectivity index (χ2v) is 3.24. The van der Waals surface area contributed by atoms with Crippen molar-refractivity contribution in [3.05, 3.63) is 11.7 Å². The van der Waals surface area contributed by atoms with Crippen LogP contribution in [-0.4, -0.2) is 18.0 Å². The highest BCUT2D eigenvalue weighted by molar-refractivity contribution is 5.78. The van der Waals surface area contributed by atoms with E-state index < -0.39 is 0 Å². The molecule has 0 radical (unpaired) electrons. The highest BCUT2D eigenvalue weighted by atomic mass is 16.7. The molecule has 2 aliphatic heterocycles. The van der Waals surface area contributed by atoms with Crippen molar-refractivity contribution < 1.29 is 4.84 Å². The topological polar surface area (TPSA) is 83.7 Å². The van der Waals surface area contributed by atoms with Crippen LogP contribution in [0.4, 0.5) is 0 Å². The van der Waals surface area contributed by atoms with E-state index in [1.165, 1.54) is 0 Å². The van der Waals surface area contributed by atoms with E-state index in [9.17, 15) is 0 Å². The third-order valence-corrected chi connectivity index (χ3v) is 2.18. The minimum absolute atomic E-state index is 0.259. The molecule has 2 rings (SSSR count). The van der Waals surface area contributed by atoms with Gasteiger partial charge in [-0.05, 0) is 13.8 Å². The summed E-state index contributed by atoms with van der Waals surface area (Å²) in [5, 5.41) is 6.34. The summed E-state index contributed by atoms with van der Waals surface area (Å²) in [6, 6.07) is 0.604. The van der Waals surface area contributed by atoms with Gasteiger partial charge in [0, 0.05) is 12.1 Å². The first-order valence-corrected chi connectivity index (χ1v) is 4.21. The molecule has 0 aromatic rings. The number of nitrogens with one attached hydrogen (secondary N) is 3. The van der Waals surface area contributed by atoms with Gasteiger partial charge < -0.3 is 21.2 Å². The first-order chi connectivity index (χ1) is 6.16. The Hall–Kier alpha value is -1.59. The van der Waals surface area contributed by atoms with Gasteiger partial charge in [-0.2, -0.15) is 10.5 Å². The van der Waals surface area contributed by atoms with Gasteiger partial charge >= 0.3 is 0 Å². The molecule has 72 valence electrons. The van der Waals surface area contributed by atoms with E-state index in [0.29, 0.717) is 23.8 Å². The number of nitrogens with zero attached hydrogens (tertiary/aromatic N) is 1. The van der Waals surface area contributed by atoms with Gasteiger partial charge in [-0.3, -0.25) is 0 Å². The fourth-order valence-electron chi connectivity index (χ4n) is 1.21. The molecule has 0 fully saturated rings. The number of hydroxylamine groups is 1. The van der Waals surface area contributed by atoms with Crippen molar-refractivity contribution in [1.29, 1.82) is 0 Å². The number of guanidine groups is 1. The van der Waals surface area contributed by atoms with Gasteiger partial charge in [0.15, 0.2) is 5.82 Å². The van der Waals surface area contributed by atoms with E-state index in [1.807, 2.05) is 0 Å². The van der Waals surface area contributed by atoms with Crippen LogP contribution >= 0.6 is 0 Å². The van der Waals surface area contributed by atoms with Crippen LogP contribution in [0.2, 0.25) is 0 Å². The van der Waals surface area contributed by atoms with Crippen LogP contribution in [0.3, 0.4) is 0 Å². The van der Waals surface area contributed by atoms with E-state index in [1.54, 1.807) is 0 Å². The number of hydrogen-bond acceptors (Lipinski definition) is 6. The third kappa shape index (κ3) is 1.34. The summed E-state index contributed by atoms with van der Waals surface area (Å²) in [7, 11) is 0. The standard InChI is InChI=1S/C7H13N5O/c1-3-4(2)10-6-5(9-3)11-7(8)12-13-6/h3-4,9-10H,1-2H3,(H3,8,11,12). The Morgan fingerprint density at radius 3 is 2.77 bits per heavy atom. The number of nitrogens with two attached hydrogens (primary N) is 1. The highest BCUT2D eigenvalue weighted by Gasteiger charge is 2.26. The lowest BCUT2D eigenvalue weighted by molar-refractivity contribution is 0.110. The average molecular weight is 183 g/mol. The van der Waals surface area contributed by atoms with Crippen molar-refractivity contribution >= 4 is 5.96 Å². The van der Waals surface area contributed by atoms with Crippen molar-refractivity contribution in [2.24, 2.45) is 10.7 Å². The smallest absolute Gasteiger partial charge is 0.263 e. The predicted molar refractivity (Wildman–Crippen MR) is 48.1 cm³/mol. The van der Waals surface area contributed by atoms with Crippen LogP contribution in [0, 0.1) is 0 Å². The summed E-state index contributed by atoms with van der Waals surface area (Å²) in [4.78, 5) is 9.17. The number of hydrogen-bond donors (Lipinski definition) is 4. The number of aliphatic imine (C=N–C) groups is 1. The second-order valence-electron chi connectivity index (χ2n) is 3.24. The molecule has 5 N–H and O–H groups in total. The van der Waals surface area contributed by atoms with E-state index in [0.717, 1.165) is 0 Å². The molecule has 6 heteroatoms. The molecule has 0 bridgehead atoms. The molecule has 0 spiro atoms. The molecular weight excluding hydrogens is 170 g/mol. The van der Waals surface area contributed by atoms with Crippen molar-refractivity contribution in [1.82, 2.24) is 16.1 Å². The lowest BCUT2D eigenvalue weighted by Crippen LogP contribution is -2.53. The minimum atomic E-state index is 0.259. The summed E-state index contributed by atoms with van der Waals surface area (Å²) in [6.07, 6.45) is 0. The quantitative estimate of drug-likeness (QED) is 0.384. The zero-order chi connectivity index (χ0) is 9.42. The largest absolute Gasteiger partial charge is 0.367 e. The fraction of sp³-hybridized carbons (Fsp3) is 0.571. The van der Waals surface area contributed by atoms with Crippen molar-refractivity contribution in [3.63, 3.8) is 0 Å². The van der Waals surface area contributed by atoms with Crippen LogP contribution in [0.1, 0.15) is 13.8 Å². The predicted octanol–water partition coefficient (Wildman–Crippen LogP) is -1.07. The molecule has 0 aromatic carbocycles. The highest BCUT2D eigenvalue weighted by Crippen LogP contribution is 2.13. The summed E-state index contributed by atoms with van der Waals surface area (Å²) < 4.78 is 0. The third-order valence-electron chi connectivity index (χ3n) is 2.18. The molecule has 13 heavy (non-hydrogen) atoms. The Morgan fingerprint density at radius 1 is 1.31 bits per heavy atom. The van der Waals surface area contributed by atoms with Gasteiger partial charge in [-0.15, -0.1) is 0 Å². The van der Waals surface area contributed by atoms with Crippen LogP contribution in [0.5, 0.6) is 0 Å². The summed E-state index contributed by atoms with van der Waals surface area (Å²) in [5.74, 6) is 1.51. The van der Waals surface area contributed by atoms with Gasteiger partial charge in [0.05, 0.1) is 0 Å². The average Bonchev–Trinajstić information content (AvgIpc) is 2.08. The van der Waals surface area contributed by atoms with E-state index in [4.69, 9.17) is 10.6 Å². The van der Waals surface area contributed by atoms with E-state index >= 15 is 0 Å². The van der Waals surface area contributed by atoms with Gasteiger partial charge in [0.2, 0.25) is 5.96 Å². The monoisotopic (exact) mass is 183 g/mol. The first kappa shape index (κ1) is 8.03. The van der Waals surface area contributed by atoms with E-state index in [-0.39, 0.29) is 5.96 Å².